The average Bonchev–Trinajstić information content (AvgIpc) is 2.57. The third-order valence-corrected chi connectivity index (χ3v) is 3.56. The van der Waals surface area contributed by atoms with Gasteiger partial charge in [-0.05, 0) is 53.1 Å². The summed E-state index contributed by atoms with van der Waals surface area (Å²) in [5.74, 6) is 0.793. The van der Waals surface area contributed by atoms with Gasteiger partial charge in [-0.25, -0.2) is 0 Å². The summed E-state index contributed by atoms with van der Waals surface area (Å²) >= 11 is 0. The predicted molar refractivity (Wildman–Crippen MR) is 61.8 cm³/mol. The zero-order valence-corrected chi connectivity index (χ0v) is 10.5. The van der Waals surface area contributed by atoms with E-state index in [-0.39, 0.29) is 11.3 Å². The van der Waals surface area contributed by atoms with E-state index in [4.69, 9.17) is 4.74 Å². The second-order valence-electron chi connectivity index (χ2n) is 6.07. The average molecular weight is 212 g/mol. The molecule has 2 saturated heterocycles. The minimum absolute atomic E-state index is 0.000738. The fourth-order valence-electron chi connectivity index (χ4n) is 2.94. The summed E-state index contributed by atoms with van der Waals surface area (Å²) in [7, 11) is 2.20. The predicted octanol–water partition coefficient (Wildman–Crippen LogP) is 1.44. The fourth-order valence-corrected chi connectivity index (χ4v) is 2.94. The summed E-state index contributed by atoms with van der Waals surface area (Å²) in [6.07, 6.45) is 2.46. The Labute approximate surface area is 93.2 Å². The third-order valence-electron chi connectivity index (χ3n) is 3.56. The van der Waals surface area contributed by atoms with E-state index < -0.39 is 0 Å². The van der Waals surface area contributed by atoms with E-state index in [9.17, 15) is 0 Å². The molecular weight excluding hydrogens is 188 g/mol. The molecule has 2 atom stereocenters. The third kappa shape index (κ3) is 2.71. The van der Waals surface area contributed by atoms with E-state index in [1.807, 2.05) is 0 Å². The van der Waals surface area contributed by atoms with E-state index in [0.717, 1.165) is 18.9 Å². The number of hydrogen-bond acceptors (Lipinski definition) is 3. The van der Waals surface area contributed by atoms with Crippen LogP contribution < -0.4 is 5.32 Å². The Morgan fingerprint density at radius 2 is 2.13 bits per heavy atom. The first-order chi connectivity index (χ1) is 6.89. The maximum atomic E-state index is 6.10. The molecule has 2 unspecified atom stereocenters. The molecule has 0 amide bonds. The molecule has 88 valence electrons. The van der Waals surface area contributed by atoms with Crippen molar-refractivity contribution < 1.29 is 4.74 Å². The zero-order valence-electron chi connectivity index (χ0n) is 10.5. The maximum Gasteiger partial charge on any atom is 0.117 e. The van der Waals surface area contributed by atoms with Crippen molar-refractivity contribution in [3.05, 3.63) is 0 Å². The Hall–Kier alpha value is -0.120. The topological polar surface area (TPSA) is 24.5 Å². The van der Waals surface area contributed by atoms with Gasteiger partial charge in [0.25, 0.3) is 0 Å². The Kier molecular flexibility index (Phi) is 2.82. The number of likely N-dealkylation sites (tertiary alicyclic amines) is 1. The Morgan fingerprint density at radius 1 is 1.40 bits per heavy atom. The lowest BCUT2D eigenvalue weighted by Crippen LogP contribution is -2.40. The van der Waals surface area contributed by atoms with Crippen LogP contribution in [0.5, 0.6) is 0 Å². The van der Waals surface area contributed by atoms with Gasteiger partial charge in [-0.3, -0.25) is 5.32 Å². The standard InChI is InChI=1S/C12H24N2O/c1-11(2)9-13-12(3,15-11)7-10-5-6-14(4)8-10/h10,13H,5-9H2,1-4H3. The van der Waals surface area contributed by atoms with Crippen LogP contribution in [0.3, 0.4) is 0 Å². The van der Waals surface area contributed by atoms with Gasteiger partial charge in [0.2, 0.25) is 0 Å². The Morgan fingerprint density at radius 3 is 2.60 bits per heavy atom. The molecule has 1 N–H and O–H groups in total. The molecule has 2 rings (SSSR count). The molecule has 0 aromatic heterocycles. The van der Waals surface area contributed by atoms with Crippen LogP contribution in [0.15, 0.2) is 0 Å². The molecule has 0 bridgehead atoms. The second kappa shape index (κ2) is 3.72. The van der Waals surface area contributed by atoms with Gasteiger partial charge in [0.05, 0.1) is 5.60 Å². The van der Waals surface area contributed by atoms with Crippen molar-refractivity contribution in [2.24, 2.45) is 5.92 Å². The van der Waals surface area contributed by atoms with Crippen LogP contribution in [-0.4, -0.2) is 42.9 Å². The van der Waals surface area contributed by atoms with E-state index in [1.165, 1.54) is 19.5 Å². The van der Waals surface area contributed by atoms with Crippen molar-refractivity contribution in [3.63, 3.8) is 0 Å². The lowest BCUT2D eigenvalue weighted by molar-refractivity contribution is -0.0901. The molecule has 3 nitrogen and oxygen atoms in total. The van der Waals surface area contributed by atoms with Crippen molar-refractivity contribution in [2.45, 2.75) is 44.9 Å². The minimum atomic E-state index is -0.0979. The van der Waals surface area contributed by atoms with Gasteiger partial charge in [-0.1, -0.05) is 0 Å². The van der Waals surface area contributed by atoms with Gasteiger partial charge in [-0.2, -0.15) is 0 Å². The van der Waals surface area contributed by atoms with Crippen molar-refractivity contribution in [1.29, 1.82) is 0 Å². The van der Waals surface area contributed by atoms with Crippen LogP contribution in [0.25, 0.3) is 0 Å². The highest BCUT2D eigenvalue weighted by Crippen LogP contribution is 2.32. The van der Waals surface area contributed by atoms with Crippen LogP contribution in [0.4, 0.5) is 0 Å². The molecule has 2 aliphatic rings. The second-order valence-corrected chi connectivity index (χ2v) is 6.07. The molecule has 0 saturated carbocycles. The lowest BCUT2D eigenvalue weighted by Gasteiger charge is -2.29. The lowest BCUT2D eigenvalue weighted by atomic mass is 9.97. The van der Waals surface area contributed by atoms with Crippen molar-refractivity contribution in [1.82, 2.24) is 10.2 Å². The van der Waals surface area contributed by atoms with E-state index in [0.29, 0.717) is 0 Å². The quantitative estimate of drug-likeness (QED) is 0.749. The summed E-state index contributed by atoms with van der Waals surface area (Å²) in [5, 5.41) is 3.52. The van der Waals surface area contributed by atoms with Crippen LogP contribution in [0.2, 0.25) is 0 Å². The van der Waals surface area contributed by atoms with Gasteiger partial charge in [0.15, 0.2) is 0 Å². The summed E-state index contributed by atoms with van der Waals surface area (Å²) in [6.45, 7) is 9.94. The first-order valence-electron chi connectivity index (χ1n) is 6.02. The molecule has 2 aliphatic heterocycles. The molecule has 2 fully saturated rings. The Bertz CT molecular complexity index is 242. The first-order valence-corrected chi connectivity index (χ1v) is 6.02. The summed E-state index contributed by atoms with van der Waals surface area (Å²) in [5.41, 5.74) is -0.0986. The largest absolute Gasteiger partial charge is 0.354 e. The molecule has 2 heterocycles. The van der Waals surface area contributed by atoms with E-state index in [1.54, 1.807) is 0 Å². The molecule has 0 aromatic carbocycles. The number of nitrogens with zero attached hydrogens (tertiary/aromatic N) is 1. The fraction of sp³-hybridized carbons (Fsp3) is 1.00. The van der Waals surface area contributed by atoms with Crippen molar-refractivity contribution in [2.75, 3.05) is 26.7 Å². The molecule has 0 aliphatic carbocycles. The zero-order chi connectivity index (χ0) is 11.1. The molecule has 0 radical (unpaired) electrons. The Balaban J connectivity index is 1.89. The minimum Gasteiger partial charge on any atom is -0.354 e. The monoisotopic (exact) mass is 212 g/mol. The van der Waals surface area contributed by atoms with Crippen LogP contribution >= 0.6 is 0 Å². The van der Waals surface area contributed by atoms with Crippen molar-refractivity contribution in [3.8, 4) is 0 Å². The van der Waals surface area contributed by atoms with Gasteiger partial charge >= 0.3 is 0 Å². The van der Waals surface area contributed by atoms with Gasteiger partial charge in [0.1, 0.15) is 5.72 Å². The normalized spacial score (nSPS) is 41.2. The first kappa shape index (κ1) is 11.4. The molecule has 0 aromatic rings. The van der Waals surface area contributed by atoms with Crippen LogP contribution in [0.1, 0.15) is 33.6 Å². The van der Waals surface area contributed by atoms with Crippen LogP contribution in [-0.2, 0) is 4.74 Å². The highest BCUT2D eigenvalue weighted by Gasteiger charge is 2.42. The van der Waals surface area contributed by atoms with Gasteiger partial charge < -0.3 is 9.64 Å². The highest BCUT2D eigenvalue weighted by molar-refractivity contribution is 4.92. The molecule has 0 spiro atoms. The molecule has 15 heavy (non-hydrogen) atoms. The number of ether oxygens (including phenoxy) is 1. The highest BCUT2D eigenvalue weighted by atomic mass is 16.5. The SMILES string of the molecule is CN1CCC(CC2(C)NCC(C)(C)O2)C1. The van der Waals surface area contributed by atoms with E-state index >= 15 is 0 Å². The summed E-state index contributed by atoms with van der Waals surface area (Å²) < 4.78 is 6.10. The van der Waals surface area contributed by atoms with Crippen molar-refractivity contribution >= 4 is 0 Å². The van der Waals surface area contributed by atoms with E-state index in [2.05, 4.69) is 38.0 Å². The van der Waals surface area contributed by atoms with Gasteiger partial charge in [0, 0.05) is 13.1 Å². The molecule has 3 heteroatoms. The summed E-state index contributed by atoms with van der Waals surface area (Å²) in [4.78, 5) is 2.41. The number of rotatable bonds is 2. The number of nitrogens with one attached hydrogen (secondary N) is 1. The number of hydrogen-bond donors (Lipinski definition) is 1. The summed E-state index contributed by atoms with van der Waals surface area (Å²) in [6, 6.07) is 0. The van der Waals surface area contributed by atoms with Gasteiger partial charge in [-0.15, -0.1) is 0 Å². The smallest absolute Gasteiger partial charge is 0.117 e. The van der Waals surface area contributed by atoms with Crippen LogP contribution in [0, 0.1) is 5.92 Å². The maximum absolute atomic E-state index is 6.10. The molecular formula is C12H24N2O.